The number of ether oxygens (including phenoxy) is 1. The van der Waals surface area contributed by atoms with E-state index < -0.39 is 42.3 Å². The number of hydrogen-bond donors (Lipinski definition) is 5. The molecule has 25 heteroatoms. The van der Waals surface area contributed by atoms with Gasteiger partial charge in [-0.3, -0.25) is 4.98 Å². The van der Waals surface area contributed by atoms with Crippen molar-refractivity contribution in [3.63, 3.8) is 0 Å². The van der Waals surface area contributed by atoms with Crippen molar-refractivity contribution in [1.29, 1.82) is 0 Å². The zero-order valence-corrected chi connectivity index (χ0v) is 31.4. The van der Waals surface area contributed by atoms with Gasteiger partial charge in [-0.25, -0.2) is 18.8 Å². The van der Waals surface area contributed by atoms with E-state index in [-0.39, 0.29) is 34.0 Å². The monoisotopic (exact) mass is 890 g/mol. The van der Waals surface area contributed by atoms with E-state index in [1.165, 1.54) is 0 Å². The molecule has 2 unspecified atom stereocenters. The molecular formula is C35H33ClF10N6O8. The molecule has 3 aliphatic rings. The zero-order valence-electron chi connectivity index (χ0n) is 30.7. The predicted octanol–water partition coefficient (Wildman–Crippen LogP) is 6.66. The summed E-state index contributed by atoms with van der Waals surface area (Å²) >= 11 is 6.56. The van der Waals surface area contributed by atoms with E-state index in [0.717, 1.165) is 50.7 Å². The van der Waals surface area contributed by atoms with Crippen molar-refractivity contribution in [2.24, 2.45) is 0 Å². The maximum absolute atomic E-state index is 16.5. The summed E-state index contributed by atoms with van der Waals surface area (Å²) in [5.41, 5.74) is 0.502. The van der Waals surface area contributed by atoms with Crippen LogP contribution < -0.4 is 15.0 Å². The van der Waals surface area contributed by atoms with Crippen LogP contribution in [0.3, 0.4) is 0 Å². The van der Waals surface area contributed by atoms with E-state index in [1.54, 1.807) is 12.3 Å². The number of phenols is 1. The molecule has 5 heterocycles. The Morgan fingerprint density at radius 2 is 1.40 bits per heavy atom. The van der Waals surface area contributed by atoms with Gasteiger partial charge in [-0.1, -0.05) is 35.9 Å². The number of phenolic OH excluding ortho intramolecular Hbond substituents is 1. The highest BCUT2D eigenvalue weighted by Crippen LogP contribution is 2.43. The number of benzene rings is 2. The Labute approximate surface area is 336 Å². The van der Waals surface area contributed by atoms with Crippen LogP contribution in [-0.2, 0) is 14.4 Å². The van der Waals surface area contributed by atoms with Gasteiger partial charge >= 0.3 is 42.4 Å². The predicted molar refractivity (Wildman–Crippen MR) is 191 cm³/mol. The number of anilines is 1. The number of carbonyl (C=O) groups is 3. The maximum atomic E-state index is 16.5. The Kier molecular flexibility index (Phi) is 14.8. The van der Waals surface area contributed by atoms with Gasteiger partial charge in [0.1, 0.15) is 29.4 Å². The van der Waals surface area contributed by atoms with Crippen LogP contribution in [0.15, 0.2) is 36.5 Å². The lowest BCUT2D eigenvalue weighted by Crippen LogP contribution is -2.51. The molecule has 14 nitrogen and oxygen atoms in total. The first-order valence-electron chi connectivity index (χ1n) is 17.3. The van der Waals surface area contributed by atoms with E-state index in [1.807, 2.05) is 24.3 Å². The number of aliphatic carboxylic acids is 3. The van der Waals surface area contributed by atoms with Crippen molar-refractivity contribution >= 4 is 57.0 Å². The Morgan fingerprint density at radius 3 is 1.90 bits per heavy atom. The number of alkyl halides is 9. The van der Waals surface area contributed by atoms with Gasteiger partial charge in [0.05, 0.1) is 10.4 Å². The second-order valence-corrected chi connectivity index (χ2v) is 13.7. The summed E-state index contributed by atoms with van der Waals surface area (Å²) < 4.78 is 118. The van der Waals surface area contributed by atoms with Gasteiger partial charge in [-0.2, -0.15) is 49.5 Å². The number of fused-ring (bicyclic) bond motifs is 4. The van der Waals surface area contributed by atoms with Crippen molar-refractivity contribution in [2.45, 2.75) is 62.3 Å². The van der Waals surface area contributed by atoms with Crippen LogP contribution >= 0.6 is 11.6 Å². The smallest absolute Gasteiger partial charge is 0.490 e. The van der Waals surface area contributed by atoms with Gasteiger partial charge in [0.25, 0.3) is 0 Å². The van der Waals surface area contributed by atoms with Crippen molar-refractivity contribution in [2.75, 3.05) is 38.2 Å². The molecule has 2 aromatic heterocycles. The molecule has 5 N–H and O–H groups in total. The lowest BCUT2D eigenvalue weighted by molar-refractivity contribution is -0.193. The van der Waals surface area contributed by atoms with Gasteiger partial charge < -0.3 is 40.3 Å². The van der Waals surface area contributed by atoms with E-state index in [4.69, 9.17) is 51.0 Å². The van der Waals surface area contributed by atoms with Gasteiger partial charge in [0.2, 0.25) is 0 Å². The fraction of sp³-hybridized carbons (Fsp3) is 0.429. The highest BCUT2D eigenvalue weighted by molar-refractivity contribution is 6.36. The molecule has 0 amide bonds. The van der Waals surface area contributed by atoms with Crippen molar-refractivity contribution in [3.05, 3.63) is 47.4 Å². The van der Waals surface area contributed by atoms with Crippen molar-refractivity contribution in [1.82, 2.24) is 25.2 Å². The average molecular weight is 891 g/mol. The third-order valence-electron chi connectivity index (χ3n) is 9.17. The minimum absolute atomic E-state index is 0.0334. The van der Waals surface area contributed by atoms with Gasteiger partial charge in [-0.15, -0.1) is 0 Å². The number of pyridine rings is 1. The first kappa shape index (κ1) is 47.2. The molecule has 328 valence electrons. The van der Waals surface area contributed by atoms with Crippen molar-refractivity contribution in [3.8, 4) is 23.0 Å². The summed E-state index contributed by atoms with van der Waals surface area (Å²) in [6.07, 6.45) is -9.23. The average Bonchev–Trinajstić information content (AvgIpc) is 3.73. The molecule has 0 saturated carbocycles. The highest BCUT2D eigenvalue weighted by Gasteiger charge is 2.40. The Morgan fingerprint density at radius 1 is 0.867 bits per heavy atom. The molecule has 2 aromatic carbocycles. The summed E-state index contributed by atoms with van der Waals surface area (Å²) in [5, 5.41) is 37.6. The van der Waals surface area contributed by atoms with E-state index >= 15 is 4.39 Å². The number of halogens is 11. The number of nitrogens with one attached hydrogen (secondary N) is 1. The quantitative estimate of drug-likeness (QED) is 0.133. The van der Waals surface area contributed by atoms with Gasteiger partial charge in [-0.05, 0) is 56.1 Å². The Balaban J connectivity index is 0.000000313. The van der Waals surface area contributed by atoms with E-state index in [9.17, 15) is 44.6 Å². The lowest BCUT2D eigenvalue weighted by atomic mass is 10.00. The maximum Gasteiger partial charge on any atom is 0.490 e. The Hall–Kier alpha value is -5.49. The standard InChI is InChI=1S/C29H30ClFN6O2.3C2HF3O2/c1-36-10-4-6-19(36)15-39-29-34-26-21(28(35-29)37-13-17-8-9-18(14-37)33-17)12-32-27(25(26)31)23-20-7-3-2-5-16(20)11-22(38)24(23)30;3*3-2(4,5)1(6)7/h2-3,5,7,11-12,17-19,33,38H,4,6,8-10,13-15H2,1H3;3*(H,6,7)/t17?,18?,19-;;;/m0.../s1. The van der Waals surface area contributed by atoms with Crippen LogP contribution in [0.4, 0.5) is 49.7 Å². The second-order valence-electron chi connectivity index (χ2n) is 13.4. The SMILES string of the molecule is CN1CCC[C@H]1COc1nc(N2CC3CCC(C2)N3)c2cnc(-c3c(Cl)c(O)cc4ccccc34)c(F)c2n1.O=C(O)C(F)(F)F.O=C(O)C(F)(F)F.O=C(O)C(F)(F)F. The van der Waals surface area contributed by atoms with Gasteiger partial charge in [0.15, 0.2) is 5.82 Å². The number of carboxylic acids is 3. The normalized spacial score (nSPS) is 19.1. The van der Waals surface area contributed by atoms with Crippen LogP contribution in [0.25, 0.3) is 32.9 Å². The minimum atomic E-state index is -5.08. The molecule has 3 aliphatic heterocycles. The minimum Gasteiger partial charge on any atom is -0.506 e. The number of likely N-dealkylation sites (N-methyl/N-ethyl adjacent to an activating group) is 1. The fourth-order valence-corrected chi connectivity index (χ4v) is 6.62. The van der Waals surface area contributed by atoms with Crippen LogP contribution in [0.5, 0.6) is 11.8 Å². The number of likely N-dealkylation sites (tertiary alicyclic amines) is 1. The summed E-state index contributed by atoms with van der Waals surface area (Å²) in [5.74, 6) is -8.38. The molecule has 4 aromatic rings. The van der Waals surface area contributed by atoms with Crippen LogP contribution in [0, 0.1) is 5.82 Å². The summed E-state index contributed by atoms with van der Waals surface area (Å²) in [6, 6.07) is 10.2. The Bertz CT molecular complexity index is 2140. The molecule has 0 aliphatic carbocycles. The van der Waals surface area contributed by atoms with Gasteiger partial charge in [0, 0.05) is 43.0 Å². The van der Waals surface area contributed by atoms with Crippen LogP contribution in [-0.4, -0.2) is 128 Å². The highest BCUT2D eigenvalue weighted by atomic mass is 35.5. The molecule has 3 saturated heterocycles. The molecule has 3 atom stereocenters. The molecule has 3 fully saturated rings. The van der Waals surface area contributed by atoms with Crippen molar-refractivity contribution < 1.29 is 83.5 Å². The van der Waals surface area contributed by atoms with Crippen LogP contribution in [0.2, 0.25) is 5.02 Å². The second kappa shape index (κ2) is 18.8. The molecule has 0 spiro atoms. The number of piperazine rings is 1. The summed E-state index contributed by atoms with van der Waals surface area (Å²) in [4.78, 5) is 45.1. The number of nitrogens with zero attached hydrogens (tertiary/aromatic N) is 5. The molecule has 7 rings (SSSR count). The molecule has 60 heavy (non-hydrogen) atoms. The fourth-order valence-electron chi connectivity index (χ4n) is 6.37. The van der Waals surface area contributed by atoms with Crippen LogP contribution in [0.1, 0.15) is 25.7 Å². The number of hydrogen-bond acceptors (Lipinski definition) is 11. The summed E-state index contributed by atoms with van der Waals surface area (Å²) in [7, 11) is 2.09. The number of carboxylic acid groups (broad SMARTS) is 3. The third kappa shape index (κ3) is 11.8. The van der Waals surface area contributed by atoms with E-state index in [0.29, 0.717) is 40.8 Å². The number of rotatable bonds is 5. The summed E-state index contributed by atoms with van der Waals surface area (Å²) in [6.45, 7) is 3.03. The lowest BCUT2D eigenvalue weighted by Gasteiger charge is -2.34. The first-order valence-corrected chi connectivity index (χ1v) is 17.7. The number of aromatic hydroxyl groups is 1. The molecule has 0 radical (unpaired) electrons. The van der Waals surface area contributed by atoms with E-state index in [2.05, 4.69) is 32.1 Å². The topological polar surface area (TPSA) is 199 Å². The number of aromatic nitrogens is 3. The zero-order chi connectivity index (χ0) is 44.9. The molecule has 2 bridgehead atoms. The molecular weight excluding hydrogens is 858 g/mol. The first-order chi connectivity index (χ1) is 27.8. The largest absolute Gasteiger partial charge is 0.506 e. The third-order valence-corrected chi connectivity index (χ3v) is 9.55.